The zero-order valence-corrected chi connectivity index (χ0v) is 13.1. The molecule has 1 atom stereocenters. The van der Waals surface area contributed by atoms with Gasteiger partial charge in [-0.25, -0.2) is 0 Å². The van der Waals surface area contributed by atoms with Crippen molar-refractivity contribution >= 4 is 15.1 Å². The van der Waals surface area contributed by atoms with Gasteiger partial charge in [-0.05, 0) is 20.8 Å². The second-order valence-corrected chi connectivity index (χ2v) is 6.56. The average molecular weight is 294 g/mol. The normalized spacial score (nSPS) is 17.6. The molecule has 1 unspecified atom stereocenters. The molecule has 0 aromatic heterocycles. The maximum atomic E-state index is 10.3. The Morgan fingerprint density at radius 1 is 1.21 bits per heavy atom. The van der Waals surface area contributed by atoms with Gasteiger partial charge in [-0.2, -0.15) is 0 Å². The van der Waals surface area contributed by atoms with Gasteiger partial charge in [0.25, 0.3) is 0 Å². The Hall–Kier alpha value is -0.313. The lowest BCUT2D eigenvalue weighted by molar-refractivity contribution is -0.107. The van der Waals surface area contributed by atoms with Crippen LogP contribution < -0.4 is 0 Å². The number of aldehydes is 1. The van der Waals surface area contributed by atoms with E-state index in [0.29, 0.717) is 32.3 Å². The van der Waals surface area contributed by atoms with Crippen molar-refractivity contribution < 1.29 is 27.9 Å². The number of carbonyl (C=O) groups is 1. The lowest BCUT2D eigenvalue weighted by Crippen LogP contribution is -2.45. The van der Waals surface area contributed by atoms with E-state index >= 15 is 0 Å². The summed E-state index contributed by atoms with van der Waals surface area (Å²) >= 11 is 0. The molecule has 1 aliphatic rings. The molecule has 1 N–H and O–H groups in total. The molecular formula is C12H26O6Si. The summed E-state index contributed by atoms with van der Waals surface area (Å²) < 4.78 is 21.3. The summed E-state index contributed by atoms with van der Waals surface area (Å²) in [5.41, 5.74) is 0. The lowest BCUT2D eigenvalue weighted by Gasteiger charge is -2.27. The van der Waals surface area contributed by atoms with Gasteiger partial charge in [0.15, 0.2) is 0 Å². The third-order valence-electron chi connectivity index (χ3n) is 2.27. The molecule has 0 amide bonds. The number of aliphatic hydroxyl groups is 1. The number of ether oxygens (including phenoxy) is 1. The average Bonchev–Trinajstić information content (AvgIpc) is 3.22. The Morgan fingerprint density at radius 2 is 1.68 bits per heavy atom. The molecule has 1 fully saturated rings. The SMILES string of the molecule is CCO[Si](CCC=O)(OCC)OCC.OCC1CO1. The highest BCUT2D eigenvalue weighted by Crippen LogP contribution is 2.17. The van der Waals surface area contributed by atoms with E-state index < -0.39 is 8.80 Å². The molecule has 1 saturated heterocycles. The third-order valence-corrected chi connectivity index (χ3v) is 5.35. The summed E-state index contributed by atoms with van der Waals surface area (Å²) in [5, 5.41) is 8.08. The fourth-order valence-corrected chi connectivity index (χ4v) is 3.88. The van der Waals surface area contributed by atoms with Gasteiger partial charge in [0.1, 0.15) is 12.4 Å². The van der Waals surface area contributed by atoms with Crippen LogP contribution in [0.3, 0.4) is 0 Å². The van der Waals surface area contributed by atoms with Crippen molar-refractivity contribution in [2.75, 3.05) is 33.0 Å². The number of aliphatic hydroxyl groups excluding tert-OH is 1. The number of epoxide rings is 1. The van der Waals surface area contributed by atoms with E-state index in [1.165, 1.54) is 0 Å². The van der Waals surface area contributed by atoms with Crippen LogP contribution in [0.1, 0.15) is 27.2 Å². The summed E-state index contributed by atoms with van der Waals surface area (Å²) in [6, 6.07) is 0.575. The Kier molecular flexibility index (Phi) is 11.3. The summed E-state index contributed by atoms with van der Waals surface area (Å²) in [7, 11) is -2.55. The van der Waals surface area contributed by atoms with Crippen LogP contribution in [0.4, 0.5) is 0 Å². The van der Waals surface area contributed by atoms with Crippen molar-refractivity contribution in [1.82, 2.24) is 0 Å². The summed E-state index contributed by atoms with van der Waals surface area (Å²) in [6.07, 6.45) is 1.50. The van der Waals surface area contributed by atoms with Crippen LogP contribution in [0.15, 0.2) is 0 Å². The molecule has 0 aromatic carbocycles. The molecule has 6 nitrogen and oxygen atoms in total. The molecule has 19 heavy (non-hydrogen) atoms. The van der Waals surface area contributed by atoms with E-state index in [1.807, 2.05) is 20.8 Å². The van der Waals surface area contributed by atoms with E-state index in [1.54, 1.807) is 0 Å². The van der Waals surface area contributed by atoms with E-state index in [4.69, 9.17) is 18.4 Å². The van der Waals surface area contributed by atoms with Gasteiger partial charge in [-0.3, -0.25) is 0 Å². The van der Waals surface area contributed by atoms with E-state index in [-0.39, 0.29) is 12.7 Å². The van der Waals surface area contributed by atoms with Gasteiger partial charge in [-0.15, -0.1) is 0 Å². The topological polar surface area (TPSA) is 77.5 Å². The van der Waals surface area contributed by atoms with E-state index in [0.717, 1.165) is 12.9 Å². The zero-order valence-electron chi connectivity index (χ0n) is 12.1. The summed E-state index contributed by atoms with van der Waals surface area (Å²) in [6.45, 7) is 8.35. The Labute approximate surface area is 116 Å². The predicted molar refractivity (Wildman–Crippen MR) is 72.9 cm³/mol. The largest absolute Gasteiger partial charge is 0.501 e. The third kappa shape index (κ3) is 9.25. The highest BCUT2D eigenvalue weighted by Gasteiger charge is 2.39. The molecule has 1 heterocycles. The molecule has 0 spiro atoms. The Bertz CT molecular complexity index is 205. The van der Waals surface area contributed by atoms with Crippen LogP contribution in [0.25, 0.3) is 0 Å². The van der Waals surface area contributed by atoms with Crippen molar-refractivity contribution in [3.8, 4) is 0 Å². The van der Waals surface area contributed by atoms with Gasteiger partial charge in [0, 0.05) is 32.3 Å². The van der Waals surface area contributed by atoms with Crippen LogP contribution in [0.2, 0.25) is 6.04 Å². The monoisotopic (exact) mass is 294 g/mol. The number of rotatable bonds is 10. The van der Waals surface area contributed by atoms with Crippen molar-refractivity contribution in [2.45, 2.75) is 39.3 Å². The highest BCUT2D eigenvalue weighted by atomic mass is 28.4. The standard InChI is InChI=1S/C9H20O4Si.C3H6O2/c1-4-11-14(12-5-2,13-6-3)9-7-8-10;4-1-3-2-5-3/h8H,4-7,9H2,1-3H3;3-4H,1-2H2. The molecule has 0 radical (unpaired) electrons. The lowest BCUT2D eigenvalue weighted by atomic mass is 10.5. The number of carbonyl (C=O) groups excluding carboxylic acids is 1. The molecule has 1 aliphatic heterocycles. The number of hydrogen-bond donors (Lipinski definition) is 1. The first-order valence-corrected chi connectivity index (χ1v) is 8.69. The molecule has 1 rings (SSSR count). The first-order valence-electron chi connectivity index (χ1n) is 6.75. The van der Waals surface area contributed by atoms with Gasteiger partial charge in [-0.1, -0.05) is 0 Å². The molecule has 0 aromatic rings. The maximum Gasteiger partial charge on any atom is 0.501 e. The van der Waals surface area contributed by atoms with Crippen molar-refractivity contribution in [2.24, 2.45) is 0 Å². The summed E-state index contributed by atoms with van der Waals surface area (Å²) in [4.78, 5) is 10.3. The molecule has 7 heteroatoms. The first kappa shape index (κ1) is 18.7. The van der Waals surface area contributed by atoms with Gasteiger partial charge < -0.3 is 27.9 Å². The van der Waals surface area contributed by atoms with Crippen LogP contribution in [0.5, 0.6) is 0 Å². The fourth-order valence-electron chi connectivity index (χ4n) is 1.41. The summed E-state index contributed by atoms with van der Waals surface area (Å²) in [5.74, 6) is 0. The Morgan fingerprint density at radius 3 is 1.89 bits per heavy atom. The predicted octanol–water partition coefficient (Wildman–Crippen LogP) is 1.00. The molecular weight excluding hydrogens is 268 g/mol. The fraction of sp³-hybridized carbons (Fsp3) is 0.917. The zero-order chi connectivity index (χ0) is 14.6. The smallest absolute Gasteiger partial charge is 0.394 e. The first-order chi connectivity index (χ1) is 9.17. The Balaban J connectivity index is 0.000000532. The van der Waals surface area contributed by atoms with E-state index in [2.05, 4.69) is 4.74 Å². The van der Waals surface area contributed by atoms with Gasteiger partial charge in [0.2, 0.25) is 0 Å². The molecule has 0 saturated carbocycles. The van der Waals surface area contributed by atoms with Gasteiger partial charge >= 0.3 is 8.80 Å². The number of hydrogen-bond acceptors (Lipinski definition) is 6. The van der Waals surface area contributed by atoms with Crippen LogP contribution >= 0.6 is 0 Å². The minimum Gasteiger partial charge on any atom is -0.394 e. The molecule has 0 aliphatic carbocycles. The highest BCUT2D eigenvalue weighted by molar-refractivity contribution is 6.60. The minimum absolute atomic E-state index is 0.190. The van der Waals surface area contributed by atoms with Crippen LogP contribution in [-0.2, 0) is 22.8 Å². The van der Waals surface area contributed by atoms with Crippen LogP contribution in [-0.4, -0.2) is 59.3 Å². The minimum atomic E-state index is -2.55. The van der Waals surface area contributed by atoms with E-state index in [9.17, 15) is 4.79 Å². The van der Waals surface area contributed by atoms with Crippen LogP contribution in [0, 0.1) is 0 Å². The molecule has 114 valence electrons. The quantitative estimate of drug-likeness (QED) is 0.368. The van der Waals surface area contributed by atoms with Gasteiger partial charge in [0.05, 0.1) is 13.2 Å². The van der Waals surface area contributed by atoms with Crippen molar-refractivity contribution in [3.05, 3.63) is 0 Å². The van der Waals surface area contributed by atoms with Crippen molar-refractivity contribution in [1.29, 1.82) is 0 Å². The maximum absolute atomic E-state index is 10.3. The second kappa shape index (κ2) is 11.5. The second-order valence-electron chi connectivity index (χ2n) is 3.83. The molecule has 0 bridgehead atoms. The van der Waals surface area contributed by atoms with Crippen molar-refractivity contribution in [3.63, 3.8) is 0 Å².